The van der Waals surface area contributed by atoms with Crippen LogP contribution in [0.4, 0.5) is 8.78 Å². The summed E-state index contributed by atoms with van der Waals surface area (Å²) in [5.41, 5.74) is -0.133. The molecule has 6 heteroatoms. The maximum atomic E-state index is 12.6. The third-order valence-electron chi connectivity index (χ3n) is 2.96. The van der Waals surface area contributed by atoms with Gasteiger partial charge in [0.25, 0.3) is 12.3 Å². The zero-order chi connectivity index (χ0) is 14.0. The van der Waals surface area contributed by atoms with Crippen molar-refractivity contribution in [3.8, 4) is 0 Å². The summed E-state index contributed by atoms with van der Waals surface area (Å²) in [7, 11) is 0. The number of carbonyl (C=O) groups excluding carboxylic acids is 1. The number of pyridine rings is 1. The standard InChI is InChI=1S/C13H16F2N2O2/c1-8-6-17(7-9(2)19-8)13(18)10-3-4-16-11(5-10)12(14)15/h3-5,8-9,12H,6-7H2,1-2H3. The van der Waals surface area contributed by atoms with E-state index in [1.807, 2.05) is 13.8 Å². The molecule has 1 aromatic heterocycles. The zero-order valence-electron chi connectivity index (χ0n) is 10.8. The molecular weight excluding hydrogens is 254 g/mol. The van der Waals surface area contributed by atoms with E-state index >= 15 is 0 Å². The lowest BCUT2D eigenvalue weighted by molar-refractivity contribution is -0.0586. The molecule has 1 aromatic rings. The Morgan fingerprint density at radius 2 is 2.05 bits per heavy atom. The summed E-state index contributed by atoms with van der Waals surface area (Å²) in [6.07, 6.45) is -1.54. The number of halogens is 2. The van der Waals surface area contributed by atoms with Crippen molar-refractivity contribution in [2.24, 2.45) is 0 Å². The maximum absolute atomic E-state index is 12.6. The summed E-state index contributed by atoms with van der Waals surface area (Å²) in [5, 5.41) is 0. The Morgan fingerprint density at radius 3 is 2.63 bits per heavy atom. The zero-order valence-corrected chi connectivity index (χ0v) is 10.8. The average Bonchev–Trinajstić information content (AvgIpc) is 2.37. The van der Waals surface area contributed by atoms with Crippen LogP contribution in [0.15, 0.2) is 18.3 Å². The molecule has 0 aliphatic carbocycles. The SMILES string of the molecule is CC1CN(C(=O)c2ccnc(C(F)F)c2)CC(C)O1. The number of aromatic nitrogens is 1. The third kappa shape index (κ3) is 3.26. The van der Waals surface area contributed by atoms with Crippen LogP contribution in [-0.2, 0) is 4.74 Å². The van der Waals surface area contributed by atoms with Crippen LogP contribution < -0.4 is 0 Å². The van der Waals surface area contributed by atoms with E-state index in [0.29, 0.717) is 13.1 Å². The van der Waals surface area contributed by atoms with Gasteiger partial charge in [0.05, 0.1) is 12.2 Å². The summed E-state index contributed by atoms with van der Waals surface area (Å²) in [5.74, 6) is -0.258. The van der Waals surface area contributed by atoms with Crippen molar-refractivity contribution in [3.63, 3.8) is 0 Å². The Hall–Kier alpha value is -1.56. The predicted octanol–water partition coefficient (Wildman–Crippen LogP) is 2.27. The fourth-order valence-corrected chi connectivity index (χ4v) is 2.23. The molecule has 0 radical (unpaired) electrons. The lowest BCUT2D eigenvalue weighted by atomic mass is 10.1. The van der Waals surface area contributed by atoms with Gasteiger partial charge in [0.2, 0.25) is 0 Å². The van der Waals surface area contributed by atoms with Crippen LogP contribution in [-0.4, -0.2) is 41.1 Å². The molecule has 0 saturated carbocycles. The van der Waals surface area contributed by atoms with Crippen LogP contribution in [0.2, 0.25) is 0 Å². The van der Waals surface area contributed by atoms with Gasteiger partial charge in [-0.2, -0.15) is 0 Å². The molecule has 2 atom stereocenters. The van der Waals surface area contributed by atoms with E-state index in [1.54, 1.807) is 4.90 Å². The number of hydrogen-bond donors (Lipinski definition) is 0. The topological polar surface area (TPSA) is 42.4 Å². The van der Waals surface area contributed by atoms with Crippen molar-refractivity contribution >= 4 is 5.91 Å². The van der Waals surface area contributed by atoms with Gasteiger partial charge in [-0.05, 0) is 26.0 Å². The first kappa shape index (κ1) is 13.9. The van der Waals surface area contributed by atoms with E-state index in [9.17, 15) is 13.6 Å². The fraction of sp³-hybridized carbons (Fsp3) is 0.538. The second-order valence-electron chi connectivity index (χ2n) is 4.74. The number of rotatable bonds is 2. The molecule has 1 aliphatic rings. The number of morpholine rings is 1. The number of nitrogens with zero attached hydrogens (tertiary/aromatic N) is 2. The number of ether oxygens (including phenoxy) is 1. The van der Waals surface area contributed by atoms with Crippen molar-refractivity contribution in [2.45, 2.75) is 32.5 Å². The molecule has 2 rings (SSSR count). The first-order valence-corrected chi connectivity index (χ1v) is 6.16. The molecule has 1 aliphatic heterocycles. The third-order valence-corrected chi connectivity index (χ3v) is 2.96. The number of alkyl halides is 2. The van der Waals surface area contributed by atoms with Crippen molar-refractivity contribution in [1.29, 1.82) is 0 Å². The molecule has 2 heterocycles. The molecule has 2 unspecified atom stereocenters. The lowest BCUT2D eigenvalue weighted by Gasteiger charge is -2.35. The normalized spacial score (nSPS) is 23.7. The summed E-state index contributed by atoms with van der Waals surface area (Å²) in [4.78, 5) is 17.4. The lowest BCUT2D eigenvalue weighted by Crippen LogP contribution is -2.48. The fourth-order valence-electron chi connectivity index (χ4n) is 2.23. The molecule has 0 bridgehead atoms. The van der Waals surface area contributed by atoms with E-state index in [0.717, 1.165) is 6.07 Å². The van der Waals surface area contributed by atoms with E-state index in [1.165, 1.54) is 12.3 Å². The summed E-state index contributed by atoms with van der Waals surface area (Å²) in [6, 6.07) is 2.61. The Morgan fingerprint density at radius 1 is 1.42 bits per heavy atom. The van der Waals surface area contributed by atoms with Crippen molar-refractivity contribution in [3.05, 3.63) is 29.6 Å². The number of carbonyl (C=O) groups is 1. The minimum absolute atomic E-state index is 0.0518. The van der Waals surface area contributed by atoms with Gasteiger partial charge in [0.1, 0.15) is 5.69 Å². The first-order valence-electron chi connectivity index (χ1n) is 6.16. The number of hydrogen-bond acceptors (Lipinski definition) is 3. The summed E-state index contributed by atoms with van der Waals surface area (Å²) < 4.78 is 30.7. The smallest absolute Gasteiger partial charge is 0.280 e. The van der Waals surface area contributed by atoms with E-state index in [-0.39, 0.29) is 29.4 Å². The van der Waals surface area contributed by atoms with Crippen molar-refractivity contribution < 1.29 is 18.3 Å². The highest BCUT2D eigenvalue weighted by molar-refractivity contribution is 5.94. The average molecular weight is 270 g/mol. The van der Waals surface area contributed by atoms with Gasteiger partial charge < -0.3 is 9.64 Å². The predicted molar refractivity (Wildman–Crippen MR) is 65.1 cm³/mol. The molecule has 104 valence electrons. The van der Waals surface area contributed by atoms with E-state index in [4.69, 9.17) is 4.74 Å². The number of amides is 1. The van der Waals surface area contributed by atoms with Gasteiger partial charge in [0, 0.05) is 24.8 Å². The van der Waals surface area contributed by atoms with Gasteiger partial charge in [-0.3, -0.25) is 9.78 Å². The highest BCUT2D eigenvalue weighted by Gasteiger charge is 2.27. The van der Waals surface area contributed by atoms with Crippen LogP contribution in [0.1, 0.15) is 36.3 Å². The summed E-state index contributed by atoms with van der Waals surface area (Å²) in [6.45, 7) is 4.70. The molecule has 4 nitrogen and oxygen atoms in total. The van der Waals surface area contributed by atoms with E-state index in [2.05, 4.69) is 4.98 Å². The molecular formula is C13H16F2N2O2. The molecule has 0 spiro atoms. The van der Waals surface area contributed by atoms with Gasteiger partial charge in [0.15, 0.2) is 0 Å². The highest BCUT2D eigenvalue weighted by Crippen LogP contribution is 2.19. The molecule has 0 aromatic carbocycles. The van der Waals surface area contributed by atoms with Gasteiger partial charge >= 0.3 is 0 Å². The monoisotopic (exact) mass is 270 g/mol. The second kappa shape index (κ2) is 5.61. The van der Waals surface area contributed by atoms with Gasteiger partial charge in [-0.1, -0.05) is 0 Å². The Balaban J connectivity index is 2.17. The molecule has 1 amide bonds. The van der Waals surface area contributed by atoms with Gasteiger partial charge in [-0.25, -0.2) is 8.78 Å². The van der Waals surface area contributed by atoms with Crippen LogP contribution in [0.25, 0.3) is 0 Å². The van der Waals surface area contributed by atoms with E-state index < -0.39 is 6.43 Å². The Kier molecular flexibility index (Phi) is 4.09. The Bertz CT molecular complexity index is 458. The van der Waals surface area contributed by atoms with Crippen LogP contribution in [0.5, 0.6) is 0 Å². The molecule has 19 heavy (non-hydrogen) atoms. The van der Waals surface area contributed by atoms with Crippen LogP contribution in [0, 0.1) is 0 Å². The molecule has 1 fully saturated rings. The Labute approximate surface area is 110 Å². The minimum Gasteiger partial charge on any atom is -0.372 e. The highest BCUT2D eigenvalue weighted by atomic mass is 19.3. The van der Waals surface area contributed by atoms with Crippen LogP contribution in [0.3, 0.4) is 0 Å². The second-order valence-corrected chi connectivity index (χ2v) is 4.74. The van der Waals surface area contributed by atoms with Gasteiger partial charge in [-0.15, -0.1) is 0 Å². The largest absolute Gasteiger partial charge is 0.372 e. The molecule has 1 saturated heterocycles. The van der Waals surface area contributed by atoms with Crippen molar-refractivity contribution in [2.75, 3.05) is 13.1 Å². The first-order chi connectivity index (χ1) is 8.97. The minimum atomic E-state index is -2.67. The van der Waals surface area contributed by atoms with Crippen LogP contribution >= 0.6 is 0 Å². The molecule has 0 N–H and O–H groups in total. The van der Waals surface area contributed by atoms with Crippen molar-refractivity contribution in [1.82, 2.24) is 9.88 Å². The maximum Gasteiger partial charge on any atom is 0.280 e. The summed E-state index contributed by atoms with van der Waals surface area (Å²) >= 11 is 0. The quantitative estimate of drug-likeness (QED) is 0.828.